The first kappa shape index (κ1) is 20.0. The van der Waals surface area contributed by atoms with Gasteiger partial charge in [0, 0.05) is 44.0 Å². The molecule has 3 heterocycles. The second kappa shape index (κ2) is 9.05. The largest absolute Gasteiger partial charge is 0.337 e. The van der Waals surface area contributed by atoms with Gasteiger partial charge in [-0.2, -0.15) is 0 Å². The van der Waals surface area contributed by atoms with Crippen molar-refractivity contribution in [1.29, 1.82) is 0 Å². The number of thiazole rings is 1. The summed E-state index contributed by atoms with van der Waals surface area (Å²) >= 11 is 1.54. The molecule has 1 atom stereocenters. The van der Waals surface area contributed by atoms with Crippen molar-refractivity contribution in [2.24, 2.45) is 5.92 Å². The number of rotatable bonds is 7. The Balaban J connectivity index is 1.33. The number of piperidine rings is 1. The normalized spacial score (nSPS) is 17.7. The number of fused-ring (bicyclic) bond motifs is 1. The molecule has 0 bridgehead atoms. The van der Waals surface area contributed by atoms with E-state index >= 15 is 0 Å². The van der Waals surface area contributed by atoms with E-state index in [1.165, 1.54) is 17.4 Å². The maximum atomic E-state index is 13.4. The summed E-state index contributed by atoms with van der Waals surface area (Å²) in [5, 5.41) is 1.97. The van der Waals surface area contributed by atoms with Crippen LogP contribution < -0.4 is 0 Å². The van der Waals surface area contributed by atoms with E-state index in [4.69, 9.17) is 0 Å². The van der Waals surface area contributed by atoms with Crippen molar-refractivity contribution in [3.05, 3.63) is 59.1 Å². The molecule has 1 saturated heterocycles. The van der Waals surface area contributed by atoms with Crippen molar-refractivity contribution >= 4 is 22.2 Å². The molecular weight excluding hydrogens is 387 g/mol. The standard InChI is InChI=1S/C22H27FN4OS/c1-2-26(21(28)20-16-27-11-12-29-22(27)24-20)15-18-6-4-9-25(14-18)10-8-17-5-3-7-19(23)13-17/h3,5,7,11-13,16,18H,2,4,6,8-10,14-15H2,1H3. The van der Waals surface area contributed by atoms with Crippen LogP contribution in [0.15, 0.2) is 42.0 Å². The third kappa shape index (κ3) is 4.85. The topological polar surface area (TPSA) is 40.9 Å². The number of aromatic nitrogens is 2. The van der Waals surface area contributed by atoms with Crippen LogP contribution in [0.25, 0.3) is 4.96 Å². The van der Waals surface area contributed by atoms with Crippen LogP contribution >= 0.6 is 11.3 Å². The van der Waals surface area contributed by atoms with Gasteiger partial charge in [-0.15, -0.1) is 11.3 Å². The van der Waals surface area contributed by atoms with Gasteiger partial charge in [0.25, 0.3) is 5.91 Å². The molecule has 4 rings (SSSR count). The molecular formula is C22H27FN4OS. The molecule has 7 heteroatoms. The zero-order chi connectivity index (χ0) is 20.2. The fourth-order valence-electron chi connectivity index (χ4n) is 4.14. The van der Waals surface area contributed by atoms with Gasteiger partial charge in [-0.05, 0) is 56.3 Å². The average Bonchev–Trinajstić information content (AvgIpc) is 3.33. The molecule has 1 fully saturated rings. The Bertz CT molecular complexity index is 940. The van der Waals surface area contributed by atoms with Gasteiger partial charge < -0.3 is 9.80 Å². The molecule has 0 saturated carbocycles. The molecule has 2 aromatic heterocycles. The lowest BCUT2D eigenvalue weighted by atomic mass is 9.96. The van der Waals surface area contributed by atoms with Gasteiger partial charge >= 0.3 is 0 Å². The van der Waals surface area contributed by atoms with Crippen LogP contribution in [0.5, 0.6) is 0 Å². The monoisotopic (exact) mass is 414 g/mol. The zero-order valence-corrected chi connectivity index (χ0v) is 17.6. The molecule has 1 aliphatic rings. The summed E-state index contributed by atoms with van der Waals surface area (Å²) in [6.07, 6.45) is 6.88. The highest BCUT2D eigenvalue weighted by atomic mass is 32.1. The van der Waals surface area contributed by atoms with Gasteiger partial charge in [-0.25, -0.2) is 9.37 Å². The summed E-state index contributed by atoms with van der Waals surface area (Å²) < 4.78 is 15.3. The fourth-order valence-corrected chi connectivity index (χ4v) is 4.84. The molecule has 29 heavy (non-hydrogen) atoms. The maximum absolute atomic E-state index is 13.4. The van der Waals surface area contributed by atoms with E-state index in [1.807, 2.05) is 40.1 Å². The molecule has 1 aliphatic heterocycles. The summed E-state index contributed by atoms with van der Waals surface area (Å²) in [5.41, 5.74) is 1.56. The minimum absolute atomic E-state index is 0.0142. The number of nitrogens with zero attached hydrogens (tertiary/aromatic N) is 4. The number of likely N-dealkylation sites (tertiary alicyclic amines) is 1. The highest BCUT2D eigenvalue weighted by Crippen LogP contribution is 2.20. The molecule has 0 N–H and O–H groups in total. The summed E-state index contributed by atoms with van der Waals surface area (Å²) in [5.74, 6) is 0.305. The van der Waals surface area contributed by atoms with Crippen LogP contribution in [-0.4, -0.2) is 57.8 Å². The molecule has 0 radical (unpaired) electrons. The summed E-state index contributed by atoms with van der Waals surface area (Å²) in [4.78, 5) is 22.6. The first-order valence-electron chi connectivity index (χ1n) is 10.3. The van der Waals surface area contributed by atoms with E-state index in [0.717, 1.165) is 56.0 Å². The van der Waals surface area contributed by atoms with E-state index < -0.39 is 0 Å². The Hall–Kier alpha value is -2.25. The average molecular weight is 415 g/mol. The van der Waals surface area contributed by atoms with E-state index in [2.05, 4.69) is 9.88 Å². The number of benzene rings is 1. The van der Waals surface area contributed by atoms with Crippen molar-refractivity contribution in [3.8, 4) is 0 Å². The Morgan fingerprint density at radius 1 is 1.41 bits per heavy atom. The van der Waals surface area contributed by atoms with Crippen molar-refractivity contribution in [3.63, 3.8) is 0 Å². The minimum Gasteiger partial charge on any atom is -0.337 e. The molecule has 3 aromatic rings. The SMILES string of the molecule is CCN(CC1CCCN(CCc2cccc(F)c2)C1)C(=O)c1cn2ccsc2n1. The van der Waals surface area contributed by atoms with Gasteiger partial charge in [0.2, 0.25) is 0 Å². The van der Waals surface area contributed by atoms with Crippen LogP contribution in [0.1, 0.15) is 35.8 Å². The molecule has 0 spiro atoms. The van der Waals surface area contributed by atoms with Crippen LogP contribution in [0.2, 0.25) is 0 Å². The highest BCUT2D eigenvalue weighted by Gasteiger charge is 2.25. The molecule has 1 amide bonds. The number of hydrogen-bond acceptors (Lipinski definition) is 4. The number of halogens is 1. The molecule has 0 aliphatic carbocycles. The van der Waals surface area contributed by atoms with Crippen LogP contribution in [0, 0.1) is 11.7 Å². The lowest BCUT2D eigenvalue weighted by Crippen LogP contribution is -2.43. The molecule has 154 valence electrons. The van der Waals surface area contributed by atoms with Crippen molar-refractivity contribution in [2.45, 2.75) is 26.2 Å². The first-order chi connectivity index (χ1) is 14.1. The van der Waals surface area contributed by atoms with Gasteiger partial charge in [0.05, 0.1) is 0 Å². The van der Waals surface area contributed by atoms with E-state index in [0.29, 0.717) is 18.2 Å². The number of imidazole rings is 1. The summed E-state index contributed by atoms with van der Waals surface area (Å²) in [6, 6.07) is 6.86. The van der Waals surface area contributed by atoms with E-state index in [-0.39, 0.29) is 11.7 Å². The predicted molar refractivity (Wildman–Crippen MR) is 114 cm³/mol. The second-order valence-electron chi connectivity index (χ2n) is 7.75. The predicted octanol–water partition coefficient (Wildman–Crippen LogP) is 3.95. The maximum Gasteiger partial charge on any atom is 0.274 e. The highest BCUT2D eigenvalue weighted by molar-refractivity contribution is 7.15. The molecule has 1 aromatic carbocycles. The van der Waals surface area contributed by atoms with Gasteiger partial charge in [-0.3, -0.25) is 9.20 Å². The van der Waals surface area contributed by atoms with Crippen LogP contribution in [-0.2, 0) is 6.42 Å². The lowest BCUT2D eigenvalue weighted by molar-refractivity contribution is 0.0685. The Morgan fingerprint density at radius 2 is 2.31 bits per heavy atom. The minimum atomic E-state index is -0.171. The summed E-state index contributed by atoms with van der Waals surface area (Å²) in [7, 11) is 0. The first-order valence-corrected chi connectivity index (χ1v) is 11.2. The van der Waals surface area contributed by atoms with Crippen LogP contribution in [0.4, 0.5) is 4.39 Å². The Labute approximate surface area is 174 Å². The van der Waals surface area contributed by atoms with Gasteiger partial charge in [-0.1, -0.05) is 12.1 Å². The number of hydrogen-bond donors (Lipinski definition) is 0. The zero-order valence-electron chi connectivity index (χ0n) is 16.8. The Kier molecular flexibility index (Phi) is 6.25. The molecule has 5 nitrogen and oxygen atoms in total. The lowest BCUT2D eigenvalue weighted by Gasteiger charge is -2.35. The van der Waals surface area contributed by atoms with Crippen molar-refractivity contribution in [2.75, 3.05) is 32.7 Å². The van der Waals surface area contributed by atoms with E-state index in [1.54, 1.807) is 12.1 Å². The third-order valence-corrected chi connectivity index (χ3v) is 6.44. The van der Waals surface area contributed by atoms with Gasteiger partial charge in [0.15, 0.2) is 4.96 Å². The quantitative estimate of drug-likeness (QED) is 0.588. The van der Waals surface area contributed by atoms with Crippen molar-refractivity contribution < 1.29 is 9.18 Å². The fraction of sp³-hybridized carbons (Fsp3) is 0.455. The molecule has 1 unspecified atom stereocenters. The Morgan fingerprint density at radius 3 is 3.10 bits per heavy atom. The van der Waals surface area contributed by atoms with E-state index in [9.17, 15) is 9.18 Å². The van der Waals surface area contributed by atoms with Crippen molar-refractivity contribution in [1.82, 2.24) is 19.2 Å². The third-order valence-electron chi connectivity index (χ3n) is 5.67. The number of amides is 1. The summed E-state index contributed by atoms with van der Waals surface area (Å²) in [6.45, 7) is 6.46. The second-order valence-corrected chi connectivity index (χ2v) is 8.62. The van der Waals surface area contributed by atoms with Crippen LogP contribution in [0.3, 0.4) is 0 Å². The number of carbonyl (C=O) groups excluding carboxylic acids is 1. The van der Waals surface area contributed by atoms with Gasteiger partial charge in [0.1, 0.15) is 11.5 Å². The number of carbonyl (C=O) groups is 1. The smallest absolute Gasteiger partial charge is 0.274 e.